The van der Waals surface area contributed by atoms with E-state index in [1.54, 1.807) is 11.3 Å². The Bertz CT molecular complexity index is 1240. The van der Waals surface area contributed by atoms with E-state index in [1.165, 1.54) is 5.56 Å². The molecule has 0 atom stereocenters. The van der Waals surface area contributed by atoms with E-state index >= 15 is 0 Å². The smallest absolute Gasteiger partial charge is 0.223 e. The lowest BCUT2D eigenvalue weighted by atomic mass is 9.95. The maximum absolute atomic E-state index is 13.0. The maximum atomic E-state index is 13.0. The summed E-state index contributed by atoms with van der Waals surface area (Å²) in [5.41, 5.74) is 5.36. The van der Waals surface area contributed by atoms with E-state index in [0.717, 1.165) is 60.0 Å². The number of rotatable bonds is 8. The highest BCUT2D eigenvalue weighted by molar-refractivity contribution is 7.09. The Morgan fingerprint density at radius 3 is 2.43 bits per heavy atom. The summed E-state index contributed by atoms with van der Waals surface area (Å²) >= 11 is 1.70. The molecule has 5 rings (SSSR count). The highest BCUT2D eigenvalue weighted by Gasteiger charge is 2.25. The first kappa shape index (κ1) is 23.5. The number of carbonyl (C=O) groups is 1. The van der Waals surface area contributed by atoms with Crippen molar-refractivity contribution in [3.05, 3.63) is 94.1 Å². The van der Waals surface area contributed by atoms with Crippen LogP contribution in [-0.4, -0.2) is 38.7 Å². The number of piperidine rings is 1. The molecule has 6 nitrogen and oxygen atoms in total. The highest BCUT2D eigenvalue weighted by Crippen LogP contribution is 2.24. The van der Waals surface area contributed by atoms with E-state index in [-0.39, 0.29) is 11.8 Å². The second kappa shape index (κ2) is 11.0. The first-order valence-electron chi connectivity index (χ1n) is 12.2. The molecule has 2 aromatic heterocycles. The van der Waals surface area contributed by atoms with Crippen molar-refractivity contribution in [2.24, 2.45) is 5.92 Å². The van der Waals surface area contributed by atoms with Gasteiger partial charge in [-0.1, -0.05) is 60.7 Å². The Balaban J connectivity index is 1.21. The van der Waals surface area contributed by atoms with Gasteiger partial charge in [0.2, 0.25) is 5.91 Å². The molecule has 0 saturated carbocycles. The van der Waals surface area contributed by atoms with Crippen molar-refractivity contribution in [1.29, 1.82) is 0 Å². The van der Waals surface area contributed by atoms with E-state index in [4.69, 9.17) is 5.10 Å². The van der Waals surface area contributed by atoms with Crippen LogP contribution in [0, 0.1) is 12.8 Å². The number of carbonyl (C=O) groups excluding carboxylic acids is 1. The fourth-order valence-corrected chi connectivity index (χ4v) is 5.28. The van der Waals surface area contributed by atoms with E-state index in [2.05, 4.69) is 51.0 Å². The fraction of sp³-hybridized carbons (Fsp3) is 0.321. The predicted molar refractivity (Wildman–Crippen MR) is 140 cm³/mol. The molecule has 4 aromatic rings. The minimum atomic E-state index is 0.0583. The van der Waals surface area contributed by atoms with Gasteiger partial charge >= 0.3 is 0 Å². The van der Waals surface area contributed by atoms with Crippen LogP contribution in [0.4, 0.5) is 0 Å². The minimum absolute atomic E-state index is 0.0583. The van der Waals surface area contributed by atoms with Gasteiger partial charge in [0.05, 0.1) is 22.9 Å². The largest absolute Gasteiger partial charge is 0.352 e. The van der Waals surface area contributed by atoms with Crippen LogP contribution in [0.1, 0.15) is 34.7 Å². The summed E-state index contributed by atoms with van der Waals surface area (Å²) in [5, 5.41) is 11.3. The molecule has 2 aromatic carbocycles. The number of hydrogen-bond donors (Lipinski definition) is 1. The van der Waals surface area contributed by atoms with Crippen LogP contribution < -0.4 is 5.32 Å². The molecule has 0 aliphatic carbocycles. The molecule has 1 fully saturated rings. The second-order valence-electron chi connectivity index (χ2n) is 9.18. The standard InChI is InChI=1S/C28H31N5OS/c1-21-30-26(20-35-21)19-32-14-12-24(13-15-32)28(34)29-16-25-18-33(17-22-8-4-2-5-9-22)31-27(25)23-10-6-3-7-11-23/h2-11,18,20,24H,12-17,19H2,1H3,(H,29,34). The normalized spacial score (nSPS) is 14.8. The van der Waals surface area contributed by atoms with Crippen molar-refractivity contribution in [2.45, 2.75) is 39.4 Å². The summed E-state index contributed by atoms with van der Waals surface area (Å²) in [6.07, 6.45) is 3.83. The van der Waals surface area contributed by atoms with Crippen LogP contribution in [0.5, 0.6) is 0 Å². The number of benzene rings is 2. The predicted octanol–water partition coefficient (Wildman–Crippen LogP) is 4.89. The van der Waals surface area contributed by atoms with Crippen LogP contribution >= 0.6 is 11.3 Å². The first-order valence-corrected chi connectivity index (χ1v) is 13.1. The maximum Gasteiger partial charge on any atom is 0.223 e. The van der Waals surface area contributed by atoms with E-state index in [0.29, 0.717) is 13.1 Å². The monoisotopic (exact) mass is 485 g/mol. The summed E-state index contributed by atoms with van der Waals surface area (Å²) in [7, 11) is 0. The fourth-order valence-electron chi connectivity index (χ4n) is 4.67. The van der Waals surface area contributed by atoms with E-state index < -0.39 is 0 Å². The number of nitrogens with zero attached hydrogens (tertiary/aromatic N) is 4. The Labute approximate surface area is 210 Å². The van der Waals surface area contributed by atoms with Gasteiger partial charge in [-0.25, -0.2) is 4.98 Å². The third kappa shape index (κ3) is 6.05. The third-order valence-electron chi connectivity index (χ3n) is 6.54. The molecule has 1 aliphatic rings. The number of hydrogen-bond acceptors (Lipinski definition) is 5. The molecule has 35 heavy (non-hydrogen) atoms. The lowest BCUT2D eigenvalue weighted by Crippen LogP contribution is -2.40. The summed E-state index contributed by atoms with van der Waals surface area (Å²) < 4.78 is 1.97. The number of nitrogens with one attached hydrogen (secondary N) is 1. The van der Waals surface area contributed by atoms with Crippen LogP contribution in [0.15, 0.2) is 72.2 Å². The summed E-state index contributed by atoms with van der Waals surface area (Å²) in [6, 6.07) is 20.5. The van der Waals surface area contributed by atoms with E-state index in [1.807, 2.05) is 48.0 Å². The van der Waals surface area contributed by atoms with Gasteiger partial charge in [0.25, 0.3) is 0 Å². The molecule has 1 aliphatic heterocycles. The topological polar surface area (TPSA) is 63.1 Å². The van der Waals surface area contributed by atoms with Gasteiger partial charge in [0, 0.05) is 41.7 Å². The van der Waals surface area contributed by atoms with Crippen molar-refractivity contribution < 1.29 is 4.79 Å². The number of amides is 1. The summed E-state index contributed by atoms with van der Waals surface area (Å²) in [5.74, 6) is 0.201. The second-order valence-corrected chi connectivity index (χ2v) is 10.2. The molecule has 1 amide bonds. The van der Waals surface area contributed by atoms with Gasteiger partial charge in [0.1, 0.15) is 0 Å². The lowest BCUT2D eigenvalue weighted by molar-refractivity contribution is -0.126. The average molecular weight is 486 g/mol. The molecule has 0 unspecified atom stereocenters. The molecule has 0 radical (unpaired) electrons. The summed E-state index contributed by atoms with van der Waals surface area (Å²) in [6.45, 7) is 5.96. The van der Waals surface area contributed by atoms with Gasteiger partial charge in [-0.2, -0.15) is 5.10 Å². The van der Waals surface area contributed by atoms with Crippen LogP contribution in [-0.2, 0) is 24.4 Å². The molecular formula is C28H31N5OS. The third-order valence-corrected chi connectivity index (χ3v) is 7.36. The number of likely N-dealkylation sites (tertiary alicyclic amines) is 1. The average Bonchev–Trinajstić information content (AvgIpc) is 3.49. The molecule has 1 saturated heterocycles. The highest BCUT2D eigenvalue weighted by atomic mass is 32.1. The zero-order valence-corrected chi connectivity index (χ0v) is 20.9. The van der Waals surface area contributed by atoms with Gasteiger partial charge < -0.3 is 5.32 Å². The van der Waals surface area contributed by atoms with Crippen molar-refractivity contribution >= 4 is 17.2 Å². The molecule has 0 bridgehead atoms. The Morgan fingerprint density at radius 2 is 1.74 bits per heavy atom. The number of thiazole rings is 1. The van der Waals surface area contributed by atoms with Crippen molar-refractivity contribution in [3.8, 4) is 11.3 Å². The Kier molecular flexibility index (Phi) is 7.35. The lowest BCUT2D eigenvalue weighted by Gasteiger charge is -2.30. The van der Waals surface area contributed by atoms with Crippen LogP contribution in [0.2, 0.25) is 0 Å². The molecule has 1 N–H and O–H groups in total. The molecular weight excluding hydrogens is 454 g/mol. The van der Waals surface area contributed by atoms with Crippen molar-refractivity contribution in [3.63, 3.8) is 0 Å². The molecule has 180 valence electrons. The number of aryl methyl sites for hydroxylation is 1. The number of aromatic nitrogens is 3. The van der Waals surface area contributed by atoms with Gasteiger partial charge in [-0.05, 0) is 38.4 Å². The Hall–Kier alpha value is -3.29. The van der Waals surface area contributed by atoms with Crippen molar-refractivity contribution in [1.82, 2.24) is 25.0 Å². The van der Waals surface area contributed by atoms with E-state index in [9.17, 15) is 4.79 Å². The zero-order valence-electron chi connectivity index (χ0n) is 20.1. The SMILES string of the molecule is Cc1nc(CN2CCC(C(=O)NCc3cn(Cc4ccccc4)nc3-c3ccccc3)CC2)cs1. The molecule has 3 heterocycles. The van der Waals surface area contributed by atoms with Crippen LogP contribution in [0.25, 0.3) is 11.3 Å². The summed E-state index contributed by atoms with van der Waals surface area (Å²) in [4.78, 5) is 20.0. The quantitative estimate of drug-likeness (QED) is 0.386. The first-order chi connectivity index (χ1) is 17.1. The van der Waals surface area contributed by atoms with Crippen LogP contribution in [0.3, 0.4) is 0 Å². The van der Waals surface area contributed by atoms with Crippen molar-refractivity contribution in [2.75, 3.05) is 13.1 Å². The van der Waals surface area contributed by atoms with Gasteiger partial charge in [-0.3, -0.25) is 14.4 Å². The molecule has 7 heteroatoms. The molecule has 0 spiro atoms. The minimum Gasteiger partial charge on any atom is -0.352 e. The van der Waals surface area contributed by atoms with Gasteiger partial charge in [-0.15, -0.1) is 11.3 Å². The zero-order chi connectivity index (χ0) is 24.0. The van der Waals surface area contributed by atoms with Gasteiger partial charge in [0.15, 0.2) is 0 Å². The Morgan fingerprint density at radius 1 is 1.03 bits per heavy atom.